The van der Waals surface area contributed by atoms with Crippen molar-refractivity contribution >= 4 is 27.4 Å². The van der Waals surface area contributed by atoms with Crippen molar-refractivity contribution in [3.05, 3.63) is 71.8 Å². The van der Waals surface area contributed by atoms with E-state index in [1.54, 1.807) is 42.5 Å². The minimum atomic E-state index is -3.42. The largest absolute Gasteiger partial charge is 0.478 e. The van der Waals surface area contributed by atoms with Crippen LogP contribution in [0.3, 0.4) is 0 Å². The van der Waals surface area contributed by atoms with Gasteiger partial charge in [0.2, 0.25) is 0 Å². The molecule has 29 heavy (non-hydrogen) atoms. The molecule has 1 amide bonds. The molecule has 0 aliphatic carbocycles. The average molecular weight is 411 g/mol. The molecule has 0 unspecified atom stereocenters. The number of amides is 1. The molecular weight excluding hydrogens is 394 g/mol. The van der Waals surface area contributed by atoms with E-state index in [9.17, 15) is 23.1 Å². The van der Waals surface area contributed by atoms with Gasteiger partial charge in [-0.25, -0.2) is 13.2 Å². The molecule has 3 rings (SSSR count). The Labute approximate surface area is 167 Å². The first-order valence-electron chi connectivity index (χ1n) is 8.62. The topological polar surface area (TPSA) is 126 Å². The molecule has 0 atom stereocenters. The number of carbonyl (C=O) groups excluding carboxylic acids is 1. The second-order valence-electron chi connectivity index (χ2n) is 6.04. The SMILES string of the molecule is CCS(=O)(=O)c1ccc(-c2ccc(NC(=O)c3ccccc3C(=O)O)cc2)nn1. The molecule has 0 fully saturated rings. The maximum Gasteiger partial charge on any atom is 0.336 e. The molecule has 2 N–H and O–H groups in total. The van der Waals surface area contributed by atoms with E-state index < -0.39 is 21.7 Å². The van der Waals surface area contributed by atoms with E-state index in [1.165, 1.54) is 25.1 Å². The van der Waals surface area contributed by atoms with E-state index in [1.807, 2.05) is 0 Å². The Hall–Kier alpha value is -3.59. The number of hydrogen-bond donors (Lipinski definition) is 2. The Kier molecular flexibility index (Phi) is 5.69. The summed E-state index contributed by atoms with van der Waals surface area (Å²) >= 11 is 0. The summed E-state index contributed by atoms with van der Waals surface area (Å²) in [4.78, 5) is 23.7. The molecule has 3 aromatic rings. The van der Waals surface area contributed by atoms with Crippen LogP contribution >= 0.6 is 0 Å². The van der Waals surface area contributed by atoms with Crippen molar-refractivity contribution in [3.8, 4) is 11.3 Å². The molecule has 0 saturated heterocycles. The zero-order chi connectivity index (χ0) is 21.0. The van der Waals surface area contributed by atoms with E-state index in [2.05, 4.69) is 15.5 Å². The molecule has 0 bridgehead atoms. The first-order valence-corrected chi connectivity index (χ1v) is 10.3. The fourth-order valence-corrected chi connectivity index (χ4v) is 3.31. The van der Waals surface area contributed by atoms with Gasteiger partial charge < -0.3 is 10.4 Å². The highest BCUT2D eigenvalue weighted by molar-refractivity contribution is 7.91. The quantitative estimate of drug-likeness (QED) is 0.638. The van der Waals surface area contributed by atoms with Gasteiger partial charge in [-0.15, -0.1) is 10.2 Å². The van der Waals surface area contributed by atoms with Crippen LogP contribution in [0.4, 0.5) is 5.69 Å². The third kappa shape index (κ3) is 4.46. The van der Waals surface area contributed by atoms with Gasteiger partial charge in [-0.2, -0.15) is 0 Å². The zero-order valence-corrected chi connectivity index (χ0v) is 16.2. The van der Waals surface area contributed by atoms with Crippen molar-refractivity contribution in [2.75, 3.05) is 11.1 Å². The summed E-state index contributed by atoms with van der Waals surface area (Å²) in [7, 11) is -3.42. The van der Waals surface area contributed by atoms with Crippen LogP contribution in [0.1, 0.15) is 27.6 Å². The molecule has 1 aromatic heterocycles. The van der Waals surface area contributed by atoms with Gasteiger partial charge in [-0.05, 0) is 36.4 Å². The fraction of sp³-hybridized carbons (Fsp3) is 0.100. The molecule has 148 valence electrons. The highest BCUT2D eigenvalue weighted by Gasteiger charge is 2.16. The molecule has 0 saturated carbocycles. The Balaban J connectivity index is 1.77. The van der Waals surface area contributed by atoms with E-state index >= 15 is 0 Å². The van der Waals surface area contributed by atoms with Gasteiger partial charge in [0, 0.05) is 11.3 Å². The third-order valence-electron chi connectivity index (χ3n) is 4.18. The lowest BCUT2D eigenvalue weighted by molar-refractivity contribution is 0.0692. The summed E-state index contributed by atoms with van der Waals surface area (Å²) in [6.45, 7) is 1.53. The summed E-state index contributed by atoms with van der Waals surface area (Å²) in [6.07, 6.45) is 0. The minimum absolute atomic E-state index is 0.0551. The number of carboxylic acids is 1. The predicted octanol–water partition coefficient (Wildman–Crippen LogP) is 2.89. The number of carbonyl (C=O) groups is 2. The Bertz CT molecular complexity index is 1160. The summed E-state index contributed by atoms with van der Waals surface area (Å²) in [5.74, 6) is -1.77. The van der Waals surface area contributed by atoms with Gasteiger partial charge >= 0.3 is 5.97 Å². The second kappa shape index (κ2) is 8.19. The number of anilines is 1. The number of benzene rings is 2. The minimum Gasteiger partial charge on any atom is -0.478 e. The van der Waals surface area contributed by atoms with E-state index in [-0.39, 0.29) is 21.9 Å². The highest BCUT2D eigenvalue weighted by Crippen LogP contribution is 2.21. The smallest absolute Gasteiger partial charge is 0.336 e. The van der Waals surface area contributed by atoms with Crippen molar-refractivity contribution in [1.29, 1.82) is 0 Å². The number of nitrogens with one attached hydrogen (secondary N) is 1. The Morgan fingerprint density at radius 2 is 1.59 bits per heavy atom. The van der Waals surface area contributed by atoms with Crippen LogP contribution in [0.15, 0.2) is 65.7 Å². The summed E-state index contributed by atoms with van der Waals surface area (Å²) in [5.41, 5.74) is 1.61. The fourth-order valence-electron chi connectivity index (χ4n) is 2.58. The van der Waals surface area contributed by atoms with Gasteiger partial charge in [0.25, 0.3) is 5.91 Å². The monoisotopic (exact) mass is 411 g/mol. The number of nitrogens with zero attached hydrogens (tertiary/aromatic N) is 2. The van der Waals surface area contributed by atoms with Crippen LogP contribution in [-0.4, -0.2) is 41.4 Å². The van der Waals surface area contributed by atoms with Gasteiger partial charge in [-0.3, -0.25) is 4.79 Å². The van der Waals surface area contributed by atoms with Crippen molar-refractivity contribution < 1.29 is 23.1 Å². The van der Waals surface area contributed by atoms with E-state index in [4.69, 9.17) is 0 Å². The third-order valence-corrected chi connectivity index (χ3v) is 5.79. The van der Waals surface area contributed by atoms with Crippen LogP contribution in [0, 0.1) is 0 Å². The number of sulfone groups is 1. The van der Waals surface area contributed by atoms with Crippen molar-refractivity contribution in [2.45, 2.75) is 11.9 Å². The molecule has 8 nitrogen and oxygen atoms in total. The van der Waals surface area contributed by atoms with Crippen LogP contribution < -0.4 is 5.32 Å². The van der Waals surface area contributed by atoms with Crippen molar-refractivity contribution in [1.82, 2.24) is 10.2 Å². The predicted molar refractivity (Wildman–Crippen MR) is 107 cm³/mol. The molecule has 0 spiro atoms. The van der Waals surface area contributed by atoms with Crippen LogP contribution in [-0.2, 0) is 9.84 Å². The van der Waals surface area contributed by atoms with E-state index in [0.717, 1.165) is 0 Å². The van der Waals surface area contributed by atoms with Crippen LogP contribution in [0.25, 0.3) is 11.3 Å². The molecule has 2 aromatic carbocycles. The molecule has 0 aliphatic rings. The van der Waals surface area contributed by atoms with Crippen molar-refractivity contribution in [2.24, 2.45) is 0 Å². The number of carboxylic acid groups (broad SMARTS) is 1. The maximum atomic E-state index is 12.4. The van der Waals surface area contributed by atoms with Gasteiger partial charge in [0.1, 0.15) is 0 Å². The molecule has 9 heteroatoms. The highest BCUT2D eigenvalue weighted by atomic mass is 32.2. The van der Waals surface area contributed by atoms with E-state index in [0.29, 0.717) is 16.9 Å². The zero-order valence-electron chi connectivity index (χ0n) is 15.4. The molecular formula is C20H17N3O5S. The first-order chi connectivity index (χ1) is 13.8. The lowest BCUT2D eigenvalue weighted by atomic mass is 10.1. The normalized spacial score (nSPS) is 11.1. The first kappa shape index (κ1) is 20.2. The van der Waals surface area contributed by atoms with Gasteiger partial charge in [0.05, 0.1) is 22.6 Å². The lowest BCUT2D eigenvalue weighted by Gasteiger charge is -2.08. The van der Waals surface area contributed by atoms with Gasteiger partial charge in [-0.1, -0.05) is 31.2 Å². The molecule has 0 aliphatic heterocycles. The lowest BCUT2D eigenvalue weighted by Crippen LogP contribution is -2.16. The average Bonchev–Trinajstić information content (AvgIpc) is 2.74. The van der Waals surface area contributed by atoms with Crippen LogP contribution in [0.2, 0.25) is 0 Å². The van der Waals surface area contributed by atoms with Crippen LogP contribution in [0.5, 0.6) is 0 Å². The maximum absolute atomic E-state index is 12.4. The number of aromatic nitrogens is 2. The summed E-state index contributed by atoms with van der Waals surface area (Å²) < 4.78 is 23.6. The standard InChI is InChI=1S/C20H17N3O5S/c1-2-29(27,28)18-12-11-17(22-23-18)13-7-9-14(10-8-13)21-19(24)15-5-3-4-6-16(15)20(25)26/h3-12H,2H2,1H3,(H,21,24)(H,25,26). The van der Waals surface area contributed by atoms with Crippen molar-refractivity contribution in [3.63, 3.8) is 0 Å². The number of aromatic carboxylic acids is 1. The summed E-state index contributed by atoms with van der Waals surface area (Å²) in [5, 5.41) is 19.5. The summed E-state index contributed by atoms with van der Waals surface area (Å²) in [6, 6.07) is 15.6. The Morgan fingerprint density at radius 1 is 0.931 bits per heavy atom. The van der Waals surface area contributed by atoms with Gasteiger partial charge in [0.15, 0.2) is 14.9 Å². The molecule has 1 heterocycles. The number of rotatable bonds is 6. The molecule has 0 radical (unpaired) electrons. The number of hydrogen-bond acceptors (Lipinski definition) is 6. The second-order valence-corrected chi connectivity index (χ2v) is 8.27. The Morgan fingerprint density at radius 3 is 2.14 bits per heavy atom.